The van der Waals surface area contributed by atoms with Gasteiger partial charge in [0.2, 0.25) is 5.96 Å². The Morgan fingerprint density at radius 3 is 2.33 bits per heavy atom. The molecule has 15 heavy (non-hydrogen) atoms. The summed E-state index contributed by atoms with van der Waals surface area (Å²) in [5.41, 5.74) is 3.75. The Labute approximate surface area is 94.9 Å². The summed E-state index contributed by atoms with van der Waals surface area (Å²) in [6.07, 6.45) is 0. The minimum absolute atomic E-state index is 0.726. The molecule has 0 aliphatic heterocycles. The number of benzene rings is 1. The van der Waals surface area contributed by atoms with E-state index in [2.05, 4.69) is 15.8 Å². The smallest absolute Gasteiger partial charge is 0.220 e. The first kappa shape index (κ1) is 11.7. The van der Waals surface area contributed by atoms with Gasteiger partial charge in [-0.1, -0.05) is 11.6 Å². The number of hydrogen-bond acceptors (Lipinski definition) is 2. The molecule has 0 saturated heterocycles. The molecule has 5 heteroatoms. The summed E-state index contributed by atoms with van der Waals surface area (Å²) in [5, 5.41) is 7.81. The van der Waals surface area contributed by atoms with Crippen molar-refractivity contribution in [1.29, 1.82) is 0 Å². The van der Waals surface area contributed by atoms with E-state index in [0.29, 0.717) is 0 Å². The fourth-order valence-electron chi connectivity index (χ4n) is 1.19. The summed E-state index contributed by atoms with van der Waals surface area (Å²) < 4.78 is 0. The Kier molecular flexibility index (Phi) is 4.24. The van der Waals surface area contributed by atoms with Gasteiger partial charge in [0.05, 0.1) is 0 Å². The van der Waals surface area contributed by atoms with Crippen LogP contribution in [0.2, 0.25) is 5.02 Å². The zero-order chi connectivity index (χ0) is 11.3. The van der Waals surface area contributed by atoms with Crippen LogP contribution >= 0.6 is 11.6 Å². The summed E-state index contributed by atoms with van der Waals surface area (Å²) in [5.74, 6) is 0.736. The van der Waals surface area contributed by atoms with E-state index < -0.39 is 0 Å². The van der Waals surface area contributed by atoms with Crippen LogP contribution < -0.4 is 15.6 Å². The molecule has 0 spiro atoms. The summed E-state index contributed by atoms with van der Waals surface area (Å²) in [6.45, 7) is 0. The lowest BCUT2D eigenvalue weighted by atomic mass is 10.3. The maximum Gasteiger partial charge on any atom is 0.220 e. The second-order valence-electron chi connectivity index (χ2n) is 2.94. The van der Waals surface area contributed by atoms with Gasteiger partial charge in [-0.25, -0.2) is 0 Å². The van der Waals surface area contributed by atoms with E-state index in [9.17, 15) is 0 Å². The molecular formula is C10H15ClN4. The maximum absolute atomic E-state index is 5.81. The average molecular weight is 227 g/mol. The minimum atomic E-state index is 0.726. The number of nitrogens with one attached hydrogen (secondary N) is 2. The van der Waals surface area contributed by atoms with Crippen LogP contribution in [0.4, 0.5) is 5.69 Å². The molecular weight excluding hydrogens is 212 g/mol. The van der Waals surface area contributed by atoms with Crippen LogP contribution in [-0.2, 0) is 0 Å². The number of halogens is 1. The quantitative estimate of drug-likeness (QED) is 0.456. The highest BCUT2D eigenvalue weighted by atomic mass is 35.5. The molecule has 1 aromatic rings. The fraction of sp³-hybridized carbons (Fsp3) is 0.300. The number of anilines is 1. The van der Waals surface area contributed by atoms with Gasteiger partial charge in [0.15, 0.2) is 0 Å². The normalized spacial score (nSPS) is 11.1. The van der Waals surface area contributed by atoms with Crippen LogP contribution in [0.1, 0.15) is 0 Å². The second-order valence-corrected chi connectivity index (χ2v) is 3.38. The summed E-state index contributed by atoms with van der Waals surface area (Å²) in [6, 6.07) is 7.57. The monoisotopic (exact) mass is 226 g/mol. The second kappa shape index (κ2) is 5.46. The third kappa shape index (κ3) is 3.02. The van der Waals surface area contributed by atoms with Crippen molar-refractivity contribution in [2.45, 2.75) is 0 Å². The molecule has 4 nitrogen and oxygen atoms in total. The van der Waals surface area contributed by atoms with Crippen LogP contribution in [0.15, 0.2) is 29.4 Å². The van der Waals surface area contributed by atoms with Gasteiger partial charge in [0.1, 0.15) is 0 Å². The van der Waals surface area contributed by atoms with Gasteiger partial charge in [-0.05, 0) is 24.3 Å². The Morgan fingerprint density at radius 1 is 1.27 bits per heavy atom. The van der Waals surface area contributed by atoms with Crippen LogP contribution in [-0.4, -0.2) is 27.1 Å². The van der Waals surface area contributed by atoms with E-state index in [1.54, 1.807) is 7.05 Å². The van der Waals surface area contributed by atoms with Gasteiger partial charge in [0, 0.05) is 31.9 Å². The fourth-order valence-corrected chi connectivity index (χ4v) is 1.32. The van der Waals surface area contributed by atoms with E-state index in [-0.39, 0.29) is 0 Å². The van der Waals surface area contributed by atoms with E-state index in [0.717, 1.165) is 16.7 Å². The molecule has 0 fully saturated rings. The van der Waals surface area contributed by atoms with Crippen molar-refractivity contribution in [3.63, 3.8) is 0 Å². The molecule has 82 valence electrons. The first-order valence-electron chi connectivity index (χ1n) is 4.60. The highest BCUT2D eigenvalue weighted by Gasteiger charge is 2.06. The molecule has 0 unspecified atom stereocenters. The molecule has 0 atom stereocenters. The van der Waals surface area contributed by atoms with Crippen molar-refractivity contribution in [2.24, 2.45) is 5.10 Å². The maximum atomic E-state index is 5.81. The Bertz CT molecular complexity index is 334. The molecule has 0 bridgehead atoms. The Balaban J connectivity index is 2.87. The molecule has 0 heterocycles. The van der Waals surface area contributed by atoms with E-state index >= 15 is 0 Å². The SMILES string of the molecule is CNN=C(NC)N(C)c1ccc(Cl)cc1. The highest BCUT2D eigenvalue weighted by molar-refractivity contribution is 6.30. The lowest BCUT2D eigenvalue weighted by Gasteiger charge is -2.20. The van der Waals surface area contributed by atoms with Crippen LogP contribution in [0.5, 0.6) is 0 Å². The molecule has 0 aromatic heterocycles. The van der Waals surface area contributed by atoms with Gasteiger partial charge in [0.25, 0.3) is 0 Å². The van der Waals surface area contributed by atoms with E-state index in [4.69, 9.17) is 11.6 Å². The minimum Gasteiger partial charge on any atom is -0.358 e. The van der Waals surface area contributed by atoms with Crippen molar-refractivity contribution in [1.82, 2.24) is 10.7 Å². The molecule has 1 rings (SSSR count). The summed E-state index contributed by atoms with van der Waals surface area (Å²) >= 11 is 5.81. The molecule has 2 N–H and O–H groups in total. The zero-order valence-electron chi connectivity index (χ0n) is 9.08. The summed E-state index contributed by atoms with van der Waals surface area (Å²) in [7, 11) is 5.51. The Hall–Kier alpha value is -1.42. The third-order valence-corrected chi connectivity index (χ3v) is 2.22. The van der Waals surface area contributed by atoms with Crippen molar-refractivity contribution in [3.05, 3.63) is 29.3 Å². The van der Waals surface area contributed by atoms with Crippen molar-refractivity contribution < 1.29 is 0 Å². The average Bonchev–Trinajstić information content (AvgIpc) is 2.26. The van der Waals surface area contributed by atoms with Gasteiger partial charge in [-0.3, -0.25) is 0 Å². The number of hydrogen-bond donors (Lipinski definition) is 2. The van der Waals surface area contributed by atoms with Gasteiger partial charge in [-0.2, -0.15) is 0 Å². The standard InChI is InChI=1S/C10H15ClN4/c1-12-10(14-13-2)15(3)9-6-4-8(11)5-7-9/h4-7,13H,1-3H3,(H,12,14). The predicted octanol–water partition coefficient (Wildman–Crippen LogP) is 1.49. The van der Waals surface area contributed by atoms with Crippen molar-refractivity contribution in [3.8, 4) is 0 Å². The molecule has 0 amide bonds. The zero-order valence-corrected chi connectivity index (χ0v) is 9.84. The van der Waals surface area contributed by atoms with Crippen LogP contribution in [0.3, 0.4) is 0 Å². The van der Waals surface area contributed by atoms with Gasteiger partial charge in [-0.15, -0.1) is 5.10 Å². The third-order valence-electron chi connectivity index (χ3n) is 1.97. The first-order valence-corrected chi connectivity index (χ1v) is 4.98. The van der Waals surface area contributed by atoms with Gasteiger partial charge >= 0.3 is 0 Å². The number of nitrogens with zero attached hydrogens (tertiary/aromatic N) is 2. The molecule has 1 aromatic carbocycles. The van der Waals surface area contributed by atoms with Crippen molar-refractivity contribution in [2.75, 3.05) is 26.0 Å². The van der Waals surface area contributed by atoms with E-state index in [1.165, 1.54) is 0 Å². The lowest BCUT2D eigenvalue weighted by molar-refractivity contribution is 0.869. The van der Waals surface area contributed by atoms with Crippen molar-refractivity contribution >= 4 is 23.2 Å². The Morgan fingerprint density at radius 2 is 1.87 bits per heavy atom. The summed E-state index contributed by atoms with van der Waals surface area (Å²) in [4.78, 5) is 1.92. The highest BCUT2D eigenvalue weighted by Crippen LogP contribution is 2.16. The number of rotatable bonds is 2. The van der Waals surface area contributed by atoms with Gasteiger partial charge < -0.3 is 15.6 Å². The largest absolute Gasteiger partial charge is 0.358 e. The molecule has 0 saturated carbocycles. The van der Waals surface area contributed by atoms with Crippen LogP contribution in [0, 0.1) is 0 Å². The predicted molar refractivity (Wildman–Crippen MR) is 65.4 cm³/mol. The molecule has 0 aliphatic rings. The number of hydrazone groups is 1. The molecule has 0 aliphatic carbocycles. The van der Waals surface area contributed by atoms with Crippen LogP contribution in [0.25, 0.3) is 0 Å². The number of guanidine groups is 1. The molecule has 0 radical (unpaired) electrons. The lowest BCUT2D eigenvalue weighted by Crippen LogP contribution is -2.37. The topological polar surface area (TPSA) is 39.7 Å². The van der Waals surface area contributed by atoms with E-state index in [1.807, 2.05) is 43.3 Å². The first-order chi connectivity index (χ1) is 7.19.